The van der Waals surface area contributed by atoms with Crippen molar-refractivity contribution < 1.29 is 4.39 Å². The van der Waals surface area contributed by atoms with Crippen molar-refractivity contribution in [3.05, 3.63) is 29.6 Å². The molecule has 1 heterocycles. The predicted molar refractivity (Wildman–Crippen MR) is 41.0 cm³/mol. The molecule has 1 fully saturated rings. The standard InChI is InChI=1S/C9H10FN/c1-7-2-5-11-8(6-7)9(10)3-4-9/h2,5-6H,3-4H2,1H3. The van der Waals surface area contributed by atoms with E-state index in [9.17, 15) is 4.39 Å². The van der Waals surface area contributed by atoms with Crippen molar-refractivity contribution in [1.29, 1.82) is 0 Å². The molecule has 0 atom stereocenters. The van der Waals surface area contributed by atoms with Gasteiger partial charge in [0.1, 0.15) is 0 Å². The summed E-state index contributed by atoms with van der Waals surface area (Å²) in [7, 11) is 0. The summed E-state index contributed by atoms with van der Waals surface area (Å²) in [4.78, 5) is 4.00. The number of alkyl halides is 1. The van der Waals surface area contributed by atoms with Crippen LogP contribution in [0, 0.1) is 6.92 Å². The summed E-state index contributed by atoms with van der Waals surface area (Å²) < 4.78 is 13.3. The number of halogens is 1. The van der Waals surface area contributed by atoms with Crippen molar-refractivity contribution in [2.45, 2.75) is 25.4 Å². The van der Waals surface area contributed by atoms with Gasteiger partial charge in [-0.25, -0.2) is 4.39 Å². The van der Waals surface area contributed by atoms with E-state index in [1.807, 2.05) is 19.1 Å². The molecule has 0 bridgehead atoms. The average Bonchev–Trinajstić information content (AvgIpc) is 2.70. The van der Waals surface area contributed by atoms with Crippen LogP contribution in [-0.2, 0) is 5.67 Å². The van der Waals surface area contributed by atoms with E-state index >= 15 is 0 Å². The molecule has 2 heteroatoms. The van der Waals surface area contributed by atoms with Gasteiger partial charge in [-0.1, -0.05) is 0 Å². The molecular formula is C9H10FN. The molecule has 0 spiro atoms. The Morgan fingerprint density at radius 3 is 2.82 bits per heavy atom. The van der Waals surface area contributed by atoms with E-state index in [0.717, 1.165) is 5.56 Å². The fourth-order valence-electron chi connectivity index (χ4n) is 1.15. The lowest BCUT2D eigenvalue weighted by molar-refractivity contribution is 0.309. The second-order valence-corrected chi connectivity index (χ2v) is 3.18. The lowest BCUT2D eigenvalue weighted by atomic mass is 10.2. The Hall–Kier alpha value is -0.920. The monoisotopic (exact) mass is 151 g/mol. The first kappa shape index (κ1) is 6.77. The van der Waals surface area contributed by atoms with E-state index in [1.165, 1.54) is 0 Å². The minimum Gasteiger partial charge on any atom is -0.258 e. The molecule has 1 aliphatic carbocycles. The van der Waals surface area contributed by atoms with Gasteiger partial charge in [0.15, 0.2) is 5.67 Å². The first-order chi connectivity index (χ1) is 5.21. The SMILES string of the molecule is Cc1ccnc(C2(F)CC2)c1. The van der Waals surface area contributed by atoms with Gasteiger partial charge in [-0.15, -0.1) is 0 Å². The second-order valence-electron chi connectivity index (χ2n) is 3.18. The van der Waals surface area contributed by atoms with Crippen LogP contribution in [0.15, 0.2) is 18.3 Å². The van der Waals surface area contributed by atoms with Crippen LogP contribution >= 0.6 is 0 Å². The smallest absolute Gasteiger partial charge is 0.153 e. The van der Waals surface area contributed by atoms with Crippen molar-refractivity contribution in [2.24, 2.45) is 0 Å². The molecule has 1 aromatic heterocycles. The van der Waals surface area contributed by atoms with Crippen LogP contribution in [0.3, 0.4) is 0 Å². The van der Waals surface area contributed by atoms with Crippen LogP contribution in [0.5, 0.6) is 0 Å². The van der Waals surface area contributed by atoms with Crippen LogP contribution in [-0.4, -0.2) is 4.98 Å². The normalized spacial score (nSPS) is 19.8. The summed E-state index contributed by atoms with van der Waals surface area (Å²) in [6.45, 7) is 1.96. The molecule has 1 aromatic rings. The van der Waals surface area contributed by atoms with Gasteiger partial charge in [0.2, 0.25) is 0 Å². The highest BCUT2D eigenvalue weighted by atomic mass is 19.1. The zero-order valence-electron chi connectivity index (χ0n) is 6.47. The van der Waals surface area contributed by atoms with Gasteiger partial charge >= 0.3 is 0 Å². The predicted octanol–water partition coefficient (Wildman–Crippen LogP) is 2.35. The highest BCUT2D eigenvalue weighted by molar-refractivity contribution is 5.24. The molecule has 0 aliphatic heterocycles. The molecule has 58 valence electrons. The maximum absolute atomic E-state index is 13.3. The van der Waals surface area contributed by atoms with E-state index < -0.39 is 5.67 Å². The summed E-state index contributed by atoms with van der Waals surface area (Å²) in [6.07, 6.45) is 2.96. The zero-order valence-corrected chi connectivity index (χ0v) is 6.47. The van der Waals surface area contributed by atoms with Crippen molar-refractivity contribution in [1.82, 2.24) is 4.98 Å². The Morgan fingerprint density at radius 2 is 2.27 bits per heavy atom. The van der Waals surface area contributed by atoms with Gasteiger partial charge in [0.25, 0.3) is 0 Å². The van der Waals surface area contributed by atoms with E-state index in [4.69, 9.17) is 0 Å². The van der Waals surface area contributed by atoms with E-state index in [2.05, 4.69) is 4.98 Å². The van der Waals surface area contributed by atoms with Gasteiger partial charge in [-0.3, -0.25) is 4.98 Å². The summed E-state index contributed by atoms with van der Waals surface area (Å²) in [5, 5.41) is 0. The lowest BCUT2D eigenvalue weighted by Crippen LogP contribution is -2.00. The Bertz CT molecular complexity index is 279. The van der Waals surface area contributed by atoms with Gasteiger partial charge < -0.3 is 0 Å². The van der Waals surface area contributed by atoms with E-state index in [1.54, 1.807) is 6.20 Å². The van der Waals surface area contributed by atoms with Gasteiger partial charge in [0.05, 0.1) is 5.69 Å². The molecule has 0 amide bonds. The molecule has 1 saturated carbocycles. The molecule has 0 radical (unpaired) electrons. The highest BCUT2D eigenvalue weighted by Gasteiger charge is 2.46. The molecule has 0 saturated heterocycles. The van der Waals surface area contributed by atoms with E-state index in [-0.39, 0.29) is 0 Å². The van der Waals surface area contributed by atoms with Gasteiger partial charge in [-0.05, 0) is 37.5 Å². The van der Waals surface area contributed by atoms with Crippen molar-refractivity contribution in [3.8, 4) is 0 Å². The third-order valence-electron chi connectivity index (χ3n) is 2.06. The molecule has 1 nitrogen and oxygen atoms in total. The maximum atomic E-state index is 13.3. The fraction of sp³-hybridized carbons (Fsp3) is 0.444. The maximum Gasteiger partial charge on any atom is 0.153 e. The largest absolute Gasteiger partial charge is 0.258 e. The summed E-state index contributed by atoms with van der Waals surface area (Å²) in [5.74, 6) is 0. The highest BCUT2D eigenvalue weighted by Crippen LogP contribution is 2.48. The second kappa shape index (κ2) is 2.03. The zero-order chi connectivity index (χ0) is 7.90. The van der Waals surface area contributed by atoms with Crippen LogP contribution in [0.1, 0.15) is 24.1 Å². The molecule has 11 heavy (non-hydrogen) atoms. The number of rotatable bonds is 1. The number of hydrogen-bond donors (Lipinski definition) is 0. The third-order valence-corrected chi connectivity index (χ3v) is 2.06. The molecule has 2 rings (SSSR count). The van der Waals surface area contributed by atoms with Crippen molar-refractivity contribution in [3.63, 3.8) is 0 Å². The average molecular weight is 151 g/mol. The molecule has 1 aliphatic rings. The Morgan fingerprint density at radius 1 is 1.55 bits per heavy atom. The Kier molecular flexibility index (Phi) is 1.25. The molecular weight excluding hydrogens is 141 g/mol. The van der Waals surface area contributed by atoms with Crippen LogP contribution < -0.4 is 0 Å². The topological polar surface area (TPSA) is 12.9 Å². The van der Waals surface area contributed by atoms with Gasteiger partial charge in [0, 0.05) is 6.20 Å². The Balaban J connectivity index is 2.38. The van der Waals surface area contributed by atoms with Crippen LogP contribution in [0.4, 0.5) is 4.39 Å². The molecule has 0 N–H and O–H groups in total. The van der Waals surface area contributed by atoms with Gasteiger partial charge in [-0.2, -0.15) is 0 Å². The quantitative estimate of drug-likeness (QED) is 0.600. The number of aryl methyl sites for hydroxylation is 1. The molecule has 0 aromatic carbocycles. The van der Waals surface area contributed by atoms with Crippen LogP contribution in [0.2, 0.25) is 0 Å². The fourth-order valence-corrected chi connectivity index (χ4v) is 1.15. The first-order valence-electron chi connectivity index (χ1n) is 3.83. The number of nitrogens with zero attached hydrogens (tertiary/aromatic N) is 1. The van der Waals surface area contributed by atoms with Crippen LogP contribution in [0.25, 0.3) is 0 Å². The van der Waals surface area contributed by atoms with E-state index in [0.29, 0.717) is 18.5 Å². The number of pyridine rings is 1. The molecule has 0 unspecified atom stereocenters. The number of hydrogen-bond acceptors (Lipinski definition) is 1. The third kappa shape index (κ3) is 1.13. The first-order valence-corrected chi connectivity index (χ1v) is 3.83. The number of aromatic nitrogens is 1. The minimum atomic E-state index is -1.08. The summed E-state index contributed by atoms with van der Waals surface area (Å²) in [5.41, 5.74) is 0.614. The van der Waals surface area contributed by atoms with Crippen molar-refractivity contribution in [2.75, 3.05) is 0 Å². The lowest BCUT2D eigenvalue weighted by Gasteiger charge is -2.03. The summed E-state index contributed by atoms with van der Waals surface area (Å²) >= 11 is 0. The summed E-state index contributed by atoms with van der Waals surface area (Å²) in [6, 6.07) is 3.71. The Labute approximate surface area is 65.3 Å². The van der Waals surface area contributed by atoms with Crippen molar-refractivity contribution >= 4 is 0 Å². The minimum absolute atomic E-state index is 0.609.